The lowest BCUT2D eigenvalue weighted by atomic mass is 9.89. The largest absolute Gasteiger partial charge is 0.477 e. The Kier molecular flexibility index (Phi) is 3.52. The maximum atomic E-state index is 12.5. The van der Waals surface area contributed by atoms with Crippen molar-refractivity contribution in [2.24, 2.45) is 0 Å². The number of benzene rings is 1. The number of hydrogen-bond acceptors (Lipinski definition) is 4. The van der Waals surface area contributed by atoms with E-state index in [-0.39, 0.29) is 17.7 Å². The van der Waals surface area contributed by atoms with Crippen molar-refractivity contribution in [2.75, 3.05) is 6.61 Å². The molecule has 2 atom stereocenters. The summed E-state index contributed by atoms with van der Waals surface area (Å²) in [5.74, 6) is -1.18. The summed E-state index contributed by atoms with van der Waals surface area (Å²) in [5, 5.41) is 11.5. The zero-order valence-corrected chi connectivity index (χ0v) is 16.2. The molecule has 1 fully saturated rings. The Morgan fingerprint density at radius 3 is 2.86 bits per heavy atom. The minimum atomic E-state index is -1.18. The molecule has 0 radical (unpaired) electrons. The molecule has 4 heterocycles. The van der Waals surface area contributed by atoms with Gasteiger partial charge in [-0.2, -0.15) is 0 Å². The van der Waals surface area contributed by atoms with Crippen molar-refractivity contribution in [1.82, 2.24) is 4.57 Å². The highest BCUT2D eigenvalue weighted by Gasteiger charge is 2.43. The smallest absolute Gasteiger partial charge is 0.341 e. The van der Waals surface area contributed by atoms with Crippen LogP contribution in [0.5, 0.6) is 0 Å². The number of pyridine rings is 1. The maximum Gasteiger partial charge on any atom is 0.341 e. The van der Waals surface area contributed by atoms with Crippen molar-refractivity contribution in [2.45, 2.75) is 25.0 Å². The van der Waals surface area contributed by atoms with Gasteiger partial charge in [0, 0.05) is 35.9 Å². The van der Waals surface area contributed by atoms with Gasteiger partial charge in [0.25, 0.3) is 0 Å². The molecule has 144 valence electrons. The molecule has 29 heavy (non-hydrogen) atoms. The van der Waals surface area contributed by atoms with E-state index < -0.39 is 11.4 Å². The third-order valence-corrected chi connectivity index (χ3v) is 7.16. The third-order valence-electron chi connectivity index (χ3n) is 6.25. The van der Waals surface area contributed by atoms with E-state index in [4.69, 9.17) is 4.74 Å². The predicted molar refractivity (Wildman–Crippen MR) is 111 cm³/mol. The minimum absolute atomic E-state index is 0.0128. The quantitative estimate of drug-likeness (QED) is 0.700. The molecular formula is C23H17NO4S. The first-order valence-electron chi connectivity index (χ1n) is 9.64. The molecule has 0 unspecified atom stereocenters. The summed E-state index contributed by atoms with van der Waals surface area (Å²) in [7, 11) is 0. The standard InChI is InChI=1S/C23H17NO4S/c25-19-10-18-15-9-14-12(20-5-2-8-29-20)3-1-4-13(14)21(15)22-17(6-7-28-22)24(18)11-16(19)23(26)27/h1-5,8,10-11,17,22H,6-7,9H2,(H,26,27)/t17-,22+/m1/s1. The molecule has 1 saturated heterocycles. The summed E-state index contributed by atoms with van der Waals surface area (Å²) >= 11 is 1.72. The van der Waals surface area contributed by atoms with Gasteiger partial charge in [-0.25, -0.2) is 4.79 Å². The number of nitrogens with zero attached hydrogens (tertiary/aromatic N) is 1. The molecule has 1 N–H and O–H groups in total. The lowest BCUT2D eigenvalue weighted by molar-refractivity contribution is 0.0693. The van der Waals surface area contributed by atoms with Crippen LogP contribution in [0.4, 0.5) is 0 Å². The second kappa shape index (κ2) is 6.02. The zero-order valence-electron chi connectivity index (χ0n) is 15.4. The van der Waals surface area contributed by atoms with Crippen LogP contribution in [-0.4, -0.2) is 28.4 Å². The Balaban J connectivity index is 1.60. The molecule has 3 aliphatic rings. The molecule has 2 aromatic heterocycles. The minimum Gasteiger partial charge on any atom is -0.477 e. The van der Waals surface area contributed by atoms with Gasteiger partial charge in [0.2, 0.25) is 0 Å². The van der Waals surface area contributed by atoms with E-state index in [9.17, 15) is 14.7 Å². The number of carbonyl (C=O) groups is 1. The number of hydrogen-bond donors (Lipinski definition) is 1. The highest BCUT2D eigenvalue weighted by molar-refractivity contribution is 7.13. The van der Waals surface area contributed by atoms with E-state index in [1.807, 2.05) is 4.57 Å². The van der Waals surface area contributed by atoms with Crippen molar-refractivity contribution >= 4 is 28.5 Å². The highest BCUT2D eigenvalue weighted by Crippen LogP contribution is 2.52. The summed E-state index contributed by atoms with van der Waals surface area (Å²) in [6.45, 7) is 0.625. The second-order valence-corrected chi connectivity index (χ2v) is 8.62. The molecule has 1 aromatic carbocycles. The molecule has 0 spiro atoms. The van der Waals surface area contributed by atoms with Gasteiger partial charge in [0.05, 0.1) is 6.04 Å². The average Bonchev–Trinajstić information content (AvgIpc) is 3.45. The maximum absolute atomic E-state index is 12.5. The van der Waals surface area contributed by atoms with Crippen LogP contribution in [0, 0.1) is 0 Å². The van der Waals surface area contributed by atoms with Crippen molar-refractivity contribution in [3.63, 3.8) is 0 Å². The Morgan fingerprint density at radius 2 is 2.07 bits per heavy atom. The third kappa shape index (κ3) is 2.30. The highest BCUT2D eigenvalue weighted by atomic mass is 32.1. The van der Waals surface area contributed by atoms with E-state index >= 15 is 0 Å². The lowest BCUT2D eigenvalue weighted by Gasteiger charge is -2.32. The number of allylic oxidation sites excluding steroid dienone is 1. The SMILES string of the molecule is O=C(O)c1cn2c(cc1=O)C1=C(c3cccc(-c4cccs4)c3C1)[C@H]1OCC[C@H]12. The van der Waals surface area contributed by atoms with Crippen LogP contribution >= 0.6 is 11.3 Å². The van der Waals surface area contributed by atoms with Crippen LogP contribution in [0.3, 0.4) is 0 Å². The number of fused-ring (bicyclic) bond motifs is 7. The van der Waals surface area contributed by atoms with Gasteiger partial charge in [-0.05, 0) is 45.7 Å². The van der Waals surface area contributed by atoms with E-state index in [1.54, 1.807) is 11.3 Å². The van der Waals surface area contributed by atoms with Gasteiger partial charge in [0.15, 0.2) is 5.43 Å². The van der Waals surface area contributed by atoms with Crippen molar-refractivity contribution in [1.29, 1.82) is 0 Å². The summed E-state index contributed by atoms with van der Waals surface area (Å²) in [6.07, 6.45) is 2.92. The molecule has 6 rings (SSSR count). The molecule has 1 aliphatic carbocycles. The summed E-state index contributed by atoms with van der Waals surface area (Å²) in [4.78, 5) is 25.2. The van der Waals surface area contributed by atoms with E-state index in [0.29, 0.717) is 6.61 Å². The monoisotopic (exact) mass is 403 g/mol. The van der Waals surface area contributed by atoms with Crippen LogP contribution in [0.25, 0.3) is 21.6 Å². The number of aromatic nitrogens is 1. The van der Waals surface area contributed by atoms with Gasteiger partial charge < -0.3 is 14.4 Å². The zero-order chi connectivity index (χ0) is 19.7. The first-order chi connectivity index (χ1) is 14.1. The van der Waals surface area contributed by atoms with Gasteiger partial charge in [0.1, 0.15) is 11.7 Å². The Hall–Kier alpha value is -2.96. The fourth-order valence-corrected chi connectivity index (χ4v) is 5.82. The number of thiophene rings is 1. The van der Waals surface area contributed by atoms with Crippen molar-refractivity contribution in [3.8, 4) is 10.4 Å². The predicted octanol–water partition coefficient (Wildman–Crippen LogP) is 4.09. The number of carboxylic acid groups (broad SMARTS) is 1. The van der Waals surface area contributed by atoms with Crippen LogP contribution in [0.15, 0.2) is 52.8 Å². The molecule has 0 saturated carbocycles. The molecule has 6 heteroatoms. The number of rotatable bonds is 2. The number of carboxylic acids is 1. The molecule has 0 amide bonds. The fourth-order valence-electron chi connectivity index (χ4n) is 5.05. The molecular weight excluding hydrogens is 386 g/mol. The first-order valence-corrected chi connectivity index (χ1v) is 10.5. The Morgan fingerprint density at radius 1 is 1.21 bits per heavy atom. The van der Waals surface area contributed by atoms with Gasteiger partial charge in [-0.3, -0.25) is 4.79 Å². The second-order valence-electron chi connectivity index (χ2n) is 7.67. The Labute approximate surface area is 170 Å². The van der Waals surface area contributed by atoms with E-state index in [1.165, 1.54) is 39.4 Å². The van der Waals surface area contributed by atoms with Crippen LogP contribution in [-0.2, 0) is 11.2 Å². The fraction of sp³-hybridized carbons (Fsp3) is 0.217. The first kappa shape index (κ1) is 16.9. The van der Waals surface area contributed by atoms with Gasteiger partial charge in [-0.15, -0.1) is 11.3 Å². The normalized spacial score (nSPS) is 21.5. The Bertz CT molecular complexity index is 1270. The number of ether oxygens (including phenoxy) is 1. The van der Waals surface area contributed by atoms with Crippen molar-refractivity contribution < 1.29 is 14.6 Å². The summed E-state index contributed by atoms with van der Waals surface area (Å²) < 4.78 is 8.11. The molecule has 3 aromatic rings. The molecule has 2 aliphatic heterocycles. The topological polar surface area (TPSA) is 68.5 Å². The summed E-state index contributed by atoms with van der Waals surface area (Å²) in [5.41, 5.74) is 6.14. The van der Waals surface area contributed by atoms with Gasteiger partial charge >= 0.3 is 5.97 Å². The lowest BCUT2D eigenvalue weighted by Crippen LogP contribution is -2.31. The average molecular weight is 403 g/mol. The summed E-state index contributed by atoms with van der Waals surface area (Å²) in [6, 6.07) is 12.1. The van der Waals surface area contributed by atoms with E-state index in [0.717, 1.165) is 24.1 Å². The van der Waals surface area contributed by atoms with Crippen LogP contribution < -0.4 is 5.43 Å². The van der Waals surface area contributed by atoms with Crippen LogP contribution in [0.2, 0.25) is 0 Å². The van der Waals surface area contributed by atoms with Crippen molar-refractivity contribution in [3.05, 3.63) is 80.6 Å². The molecule has 0 bridgehead atoms. The molecule has 5 nitrogen and oxygen atoms in total. The number of aromatic carboxylic acids is 1. The van der Waals surface area contributed by atoms with Gasteiger partial charge in [-0.1, -0.05) is 24.3 Å². The van der Waals surface area contributed by atoms with Crippen LogP contribution in [0.1, 0.15) is 39.6 Å². The van der Waals surface area contributed by atoms with E-state index in [2.05, 4.69) is 35.7 Å².